The first-order chi connectivity index (χ1) is 16.2. The summed E-state index contributed by atoms with van der Waals surface area (Å²) in [6, 6.07) is 17.1. The van der Waals surface area contributed by atoms with E-state index in [0.717, 1.165) is 16.8 Å². The van der Waals surface area contributed by atoms with Crippen molar-refractivity contribution in [2.24, 2.45) is 0 Å². The number of carbonyl (C=O) groups excluding carboxylic acids is 1. The Labute approximate surface area is 196 Å². The molecule has 0 aromatic heterocycles. The maximum Gasteiger partial charge on any atom is 0.344 e. The summed E-state index contributed by atoms with van der Waals surface area (Å²) < 4.78 is 34.4. The first-order valence-corrected chi connectivity index (χ1v) is 12.4. The van der Waals surface area contributed by atoms with E-state index in [2.05, 4.69) is 5.32 Å². The number of carbonyl (C=O) groups is 1. The minimum atomic E-state index is -3.86. The number of esters is 1. The Morgan fingerprint density at radius 1 is 1.00 bits per heavy atom. The van der Waals surface area contributed by atoms with Crippen LogP contribution in [0.4, 0.5) is 5.69 Å². The molecule has 3 aliphatic heterocycles. The lowest BCUT2D eigenvalue weighted by Gasteiger charge is -2.53. The minimum Gasteiger partial charge on any atom is -0.504 e. The van der Waals surface area contributed by atoms with Gasteiger partial charge in [0, 0.05) is 12.2 Å². The number of nitrogens with one attached hydrogen (secondary N) is 1. The van der Waals surface area contributed by atoms with Crippen LogP contribution in [0.15, 0.2) is 65.6 Å². The van der Waals surface area contributed by atoms with Gasteiger partial charge in [-0.05, 0) is 48.7 Å². The molecule has 9 heteroatoms. The van der Waals surface area contributed by atoms with Gasteiger partial charge in [-0.25, -0.2) is 13.2 Å². The van der Waals surface area contributed by atoms with Crippen LogP contribution in [0.2, 0.25) is 0 Å². The van der Waals surface area contributed by atoms with Gasteiger partial charge in [-0.1, -0.05) is 42.0 Å². The molecule has 1 fully saturated rings. The molecule has 34 heavy (non-hydrogen) atoms. The standard InChI is InChI=1S/C25H22N2O6S/c1-15-6-8-16(9-7-15)34(31,32)27-13-12-24-17-4-2-3-5-19(17)26-25(24,14-27)33-23(30)21-18(24)10-11-20(28)22(21)29/h2-11,26,28-29H,12-14H2,1H3/t24?,25-/m0/s1. The zero-order valence-corrected chi connectivity index (χ0v) is 19.1. The molecule has 174 valence electrons. The molecule has 3 N–H and O–H groups in total. The summed E-state index contributed by atoms with van der Waals surface area (Å²) in [7, 11) is -3.86. The van der Waals surface area contributed by atoms with E-state index in [1.807, 2.05) is 31.2 Å². The van der Waals surface area contributed by atoms with Crippen LogP contribution in [-0.2, 0) is 20.2 Å². The van der Waals surface area contributed by atoms with Crippen LogP contribution in [0.1, 0.15) is 33.5 Å². The molecule has 1 unspecified atom stereocenters. The fourth-order valence-electron chi connectivity index (χ4n) is 5.70. The molecule has 0 spiro atoms. The summed E-state index contributed by atoms with van der Waals surface area (Å²) in [5.74, 6) is -1.78. The highest BCUT2D eigenvalue weighted by molar-refractivity contribution is 7.89. The minimum absolute atomic E-state index is 0.0935. The molecule has 0 amide bonds. The number of phenolic OH excluding ortho intramolecular Hbond substituents is 2. The highest BCUT2D eigenvalue weighted by Gasteiger charge is 2.68. The molecule has 2 atom stereocenters. The molecule has 3 aliphatic rings. The molecule has 0 saturated carbocycles. The van der Waals surface area contributed by atoms with Crippen molar-refractivity contribution >= 4 is 21.7 Å². The zero-order chi connectivity index (χ0) is 23.9. The number of piperidine rings is 1. The number of para-hydroxylation sites is 1. The summed E-state index contributed by atoms with van der Waals surface area (Å²) >= 11 is 0. The third-order valence-corrected chi connectivity index (χ3v) is 9.15. The van der Waals surface area contributed by atoms with E-state index in [4.69, 9.17) is 4.74 Å². The van der Waals surface area contributed by atoms with Crippen LogP contribution < -0.4 is 5.32 Å². The largest absolute Gasteiger partial charge is 0.504 e. The molecule has 1 saturated heterocycles. The SMILES string of the molecule is Cc1ccc(S(=O)(=O)N2CCC34c5ccccc5N[C@@]3(C2)OC(=O)c2c4ccc(O)c2O)cc1. The monoisotopic (exact) mass is 478 g/mol. The first kappa shape index (κ1) is 21.0. The summed E-state index contributed by atoms with van der Waals surface area (Å²) in [5, 5.41) is 23.9. The highest BCUT2D eigenvalue weighted by Crippen LogP contribution is 2.61. The highest BCUT2D eigenvalue weighted by atomic mass is 32.2. The Morgan fingerprint density at radius 2 is 1.74 bits per heavy atom. The maximum absolute atomic E-state index is 13.5. The predicted molar refractivity (Wildman–Crippen MR) is 123 cm³/mol. The second-order valence-corrected chi connectivity index (χ2v) is 11.0. The van der Waals surface area contributed by atoms with E-state index < -0.39 is 38.6 Å². The third kappa shape index (κ3) is 2.51. The number of anilines is 1. The smallest absolute Gasteiger partial charge is 0.344 e. The second kappa shape index (κ2) is 6.74. The van der Waals surface area contributed by atoms with Gasteiger partial charge in [-0.3, -0.25) is 0 Å². The van der Waals surface area contributed by atoms with Crippen molar-refractivity contribution in [3.63, 3.8) is 0 Å². The zero-order valence-electron chi connectivity index (χ0n) is 18.3. The van der Waals surface area contributed by atoms with Crippen molar-refractivity contribution in [2.75, 3.05) is 18.4 Å². The molecule has 0 aliphatic carbocycles. The number of phenols is 2. The number of hydrogen-bond acceptors (Lipinski definition) is 7. The first-order valence-electron chi connectivity index (χ1n) is 10.9. The Morgan fingerprint density at radius 3 is 2.50 bits per heavy atom. The lowest BCUT2D eigenvalue weighted by molar-refractivity contribution is -0.0666. The quantitative estimate of drug-likeness (QED) is 0.383. The van der Waals surface area contributed by atoms with Gasteiger partial charge in [0.15, 0.2) is 11.5 Å². The van der Waals surface area contributed by atoms with E-state index >= 15 is 0 Å². The lowest BCUT2D eigenvalue weighted by Crippen LogP contribution is -2.68. The third-order valence-electron chi connectivity index (χ3n) is 7.29. The van der Waals surface area contributed by atoms with Crippen LogP contribution in [0, 0.1) is 6.92 Å². The van der Waals surface area contributed by atoms with E-state index in [-0.39, 0.29) is 23.5 Å². The number of hydrogen-bond donors (Lipinski definition) is 3. The summed E-state index contributed by atoms with van der Waals surface area (Å²) in [6.45, 7) is 1.94. The number of ether oxygens (including phenoxy) is 1. The summed E-state index contributed by atoms with van der Waals surface area (Å²) in [5.41, 5.74) is 0.570. The van der Waals surface area contributed by atoms with Crippen molar-refractivity contribution in [3.8, 4) is 11.5 Å². The van der Waals surface area contributed by atoms with E-state index in [0.29, 0.717) is 12.0 Å². The van der Waals surface area contributed by atoms with Crippen LogP contribution in [0.3, 0.4) is 0 Å². The Hall–Kier alpha value is -3.56. The molecule has 3 aromatic rings. The molecular weight excluding hydrogens is 456 g/mol. The van der Waals surface area contributed by atoms with Gasteiger partial charge in [0.2, 0.25) is 15.7 Å². The number of nitrogens with zero attached hydrogens (tertiary/aromatic N) is 1. The van der Waals surface area contributed by atoms with Gasteiger partial charge in [-0.2, -0.15) is 4.31 Å². The van der Waals surface area contributed by atoms with E-state index in [9.17, 15) is 23.4 Å². The van der Waals surface area contributed by atoms with Gasteiger partial charge in [0.05, 0.1) is 16.9 Å². The number of rotatable bonds is 2. The number of benzene rings is 3. The van der Waals surface area contributed by atoms with Crippen molar-refractivity contribution < 1.29 is 28.2 Å². The van der Waals surface area contributed by atoms with Crippen LogP contribution >= 0.6 is 0 Å². The van der Waals surface area contributed by atoms with Crippen molar-refractivity contribution in [3.05, 3.63) is 82.9 Å². The summed E-state index contributed by atoms with van der Waals surface area (Å²) in [4.78, 5) is 13.3. The maximum atomic E-state index is 13.5. The fourth-order valence-corrected chi connectivity index (χ4v) is 7.16. The van der Waals surface area contributed by atoms with Gasteiger partial charge < -0.3 is 20.3 Å². The molecule has 0 radical (unpaired) electrons. The normalized spacial score (nSPS) is 25.4. The average molecular weight is 479 g/mol. The molecular formula is C25H22N2O6S. The molecule has 3 heterocycles. The summed E-state index contributed by atoms with van der Waals surface area (Å²) in [6.07, 6.45) is 0.298. The average Bonchev–Trinajstić information content (AvgIpc) is 3.11. The molecule has 0 bridgehead atoms. The molecule has 3 aromatic carbocycles. The topological polar surface area (TPSA) is 116 Å². The Balaban J connectivity index is 1.54. The fraction of sp³-hybridized carbons (Fsp3) is 0.240. The number of fused-ring (bicyclic) bond motifs is 2. The van der Waals surface area contributed by atoms with Gasteiger partial charge in [-0.15, -0.1) is 0 Å². The van der Waals surface area contributed by atoms with Crippen molar-refractivity contribution in [1.82, 2.24) is 4.31 Å². The molecule has 6 rings (SSSR count). The van der Waals surface area contributed by atoms with Crippen molar-refractivity contribution in [2.45, 2.75) is 29.4 Å². The van der Waals surface area contributed by atoms with Gasteiger partial charge >= 0.3 is 5.97 Å². The number of aryl methyl sites for hydroxylation is 1. The number of sulfonamides is 1. The second-order valence-electron chi connectivity index (χ2n) is 9.05. The van der Waals surface area contributed by atoms with Gasteiger partial charge in [0.1, 0.15) is 5.56 Å². The van der Waals surface area contributed by atoms with Crippen LogP contribution in [0.5, 0.6) is 11.5 Å². The molecule has 8 nitrogen and oxygen atoms in total. The van der Waals surface area contributed by atoms with Crippen molar-refractivity contribution in [1.29, 1.82) is 0 Å². The number of aromatic hydroxyl groups is 2. The van der Waals surface area contributed by atoms with Crippen LogP contribution in [0.25, 0.3) is 0 Å². The lowest BCUT2D eigenvalue weighted by atomic mass is 9.62. The van der Waals surface area contributed by atoms with E-state index in [1.165, 1.54) is 10.4 Å². The predicted octanol–water partition coefficient (Wildman–Crippen LogP) is 3.08. The Kier molecular flexibility index (Phi) is 4.16. The van der Waals surface area contributed by atoms with E-state index in [1.54, 1.807) is 30.3 Å². The van der Waals surface area contributed by atoms with Crippen LogP contribution in [-0.4, -0.2) is 47.7 Å². The Bertz CT molecular complexity index is 1470. The van der Waals surface area contributed by atoms with Gasteiger partial charge in [0.25, 0.3) is 0 Å².